The molecule has 1 aliphatic carbocycles. The molecule has 1 saturated carbocycles. The Labute approximate surface area is 159 Å². The highest BCUT2D eigenvalue weighted by Crippen LogP contribution is 2.31. The molecule has 1 fully saturated rings. The molecule has 0 atom stereocenters. The molecule has 2 amide bonds. The Morgan fingerprint density at radius 1 is 1.15 bits per heavy atom. The van der Waals surface area contributed by atoms with E-state index in [1.807, 2.05) is 35.9 Å². The van der Waals surface area contributed by atoms with Crippen molar-refractivity contribution < 1.29 is 9.59 Å². The van der Waals surface area contributed by atoms with Gasteiger partial charge in [-0.05, 0) is 49.4 Å². The Morgan fingerprint density at radius 2 is 1.92 bits per heavy atom. The topological polar surface area (TPSA) is 71.1 Å². The van der Waals surface area contributed by atoms with Gasteiger partial charge in [0.2, 0.25) is 5.91 Å². The standard InChI is InChI=1S/C19H17N3O2S2/c1-11-16(26-19(20-11)13-7-8-25-10-13)18(24)22-15-4-2-3-14(9-15)21-17(23)12-5-6-12/h2-4,7-10,12H,5-6H2,1H3,(H,21,23)(H,22,24). The van der Waals surface area contributed by atoms with Crippen LogP contribution in [0, 0.1) is 12.8 Å². The van der Waals surface area contributed by atoms with Crippen LogP contribution in [-0.2, 0) is 4.79 Å². The van der Waals surface area contributed by atoms with Crippen LogP contribution in [0.5, 0.6) is 0 Å². The molecule has 4 rings (SSSR count). The number of nitrogens with one attached hydrogen (secondary N) is 2. The predicted octanol–water partition coefficient (Wildman–Crippen LogP) is 4.78. The van der Waals surface area contributed by atoms with Gasteiger partial charge < -0.3 is 10.6 Å². The first-order chi connectivity index (χ1) is 12.6. The normalized spacial score (nSPS) is 13.4. The number of aromatic nitrogens is 1. The first-order valence-corrected chi connectivity index (χ1v) is 10.1. The summed E-state index contributed by atoms with van der Waals surface area (Å²) in [7, 11) is 0. The molecule has 132 valence electrons. The highest BCUT2D eigenvalue weighted by Gasteiger charge is 2.29. The number of anilines is 2. The number of nitrogens with zero attached hydrogens (tertiary/aromatic N) is 1. The van der Waals surface area contributed by atoms with E-state index in [2.05, 4.69) is 15.6 Å². The number of hydrogen-bond donors (Lipinski definition) is 2. The van der Waals surface area contributed by atoms with Gasteiger partial charge in [-0.3, -0.25) is 9.59 Å². The molecular weight excluding hydrogens is 366 g/mol. The van der Waals surface area contributed by atoms with Crippen molar-refractivity contribution in [3.8, 4) is 10.6 Å². The number of carbonyl (C=O) groups excluding carboxylic acids is 2. The Morgan fingerprint density at radius 3 is 2.62 bits per heavy atom. The summed E-state index contributed by atoms with van der Waals surface area (Å²) in [5.41, 5.74) is 3.09. The van der Waals surface area contributed by atoms with Crippen molar-refractivity contribution in [2.75, 3.05) is 10.6 Å². The summed E-state index contributed by atoms with van der Waals surface area (Å²) >= 11 is 2.99. The number of hydrogen-bond acceptors (Lipinski definition) is 5. The van der Waals surface area contributed by atoms with Gasteiger partial charge in [0.15, 0.2) is 0 Å². The molecule has 1 aliphatic rings. The SMILES string of the molecule is Cc1nc(-c2ccsc2)sc1C(=O)Nc1cccc(NC(=O)C2CC2)c1. The van der Waals surface area contributed by atoms with Gasteiger partial charge in [-0.1, -0.05) is 6.07 Å². The van der Waals surface area contributed by atoms with E-state index in [0.717, 1.165) is 23.4 Å². The van der Waals surface area contributed by atoms with Gasteiger partial charge in [0.1, 0.15) is 9.88 Å². The smallest absolute Gasteiger partial charge is 0.267 e. The molecule has 0 radical (unpaired) electrons. The van der Waals surface area contributed by atoms with Crippen LogP contribution in [0.1, 0.15) is 28.2 Å². The van der Waals surface area contributed by atoms with E-state index in [9.17, 15) is 9.59 Å². The molecule has 0 bridgehead atoms. The zero-order chi connectivity index (χ0) is 18.1. The minimum Gasteiger partial charge on any atom is -0.326 e. The third-order valence-electron chi connectivity index (χ3n) is 4.11. The van der Waals surface area contributed by atoms with Gasteiger partial charge in [0, 0.05) is 28.2 Å². The summed E-state index contributed by atoms with van der Waals surface area (Å²) in [6.07, 6.45) is 1.92. The number of thiophene rings is 1. The second-order valence-corrected chi connectivity index (χ2v) is 8.02. The number of rotatable bonds is 5. The lowest BCUT2D eigenvalue weighted by atomic mass is 10.2. The van der Waals surface area contributed by atoms with Crippen molar-refractivity contribution in [1.29, 1.82) is 0 Å². The van der Waals surface area contributed by atoms with Gasteiger partial charge >= 0.3 is 0 Å². The van der Waals surface area contributed by atoms with Crippen molar-refractivity contribution in [2.45, 2.75) is 19.8 Å². The molecule has 1 aromatic carbocycles. The van der Waals surface area contributed by atoms with E-state index in [1.54, 1.807) is 23.5 Å². The summed E-state index contributed by atoms with van der Waals surface area (Å²) in [4.78, 5) is 29.6. The maximum atomic E-state index is 12.6. The van der Waals surface area contributed by atoms with E-state index in [0.29, 0.717) is 21.9 Å². The lowest BCUT2D eigenvalue weighted by Gasteiger charge is -2.08. The van der Waals surface area contributed by atoms with Crippen molar-refractivity contribution in [3.63, 3.8) is 0 Å². The Balaban J connectivity index is 1.49. The number of thiazole rings is 1. The van der Waals surface area contributed by atoms with Crippen molar-refractivity contribution in [3.05, 3.63) is 51.7 Å². The number of benzene rings is 1. The van der Waals surface area contributed by atoms with Gasteiger partial charge in [0.05, 0.1) is 5.69 Å². The second-order valence-electron chi connectivity index (χ2n) is 6.24. The van der Waals surface area contributed by atoms with Crippen LogP contribution >= 0.6 is 22.7 Å². The van der Waals surface area contributed by atoms with E-state index >= 15 is 0 Å². The highest BCUT2D eigenvalue weighted by molar-refractivity contribution is 7.17. The highest BCUT2D eigenvalue weighted by atomic mass is 32.1. The average Bonchev–Trinajstić information content (AvgIpc) is 3.18. The molecule has 3 aromatic rings. The Hall–Kier alpha value is -2.51. The van der Waals surface area contributed by atoms with Crippen molar-refractivity contribution in [1.82, 2.24) is 4.98 Å². The van der Waals surface area contributed by atoms with E-state index in [-0.39, 0.29) is 17.7 Å². The van der Waals surface area contributed by atoms with Crippen LogP contribution < -0.4 is 10.6 Å². The number of carbonyl (C=O) groups is 2. The Bertz CT molecular complexity index is 959. The largest absolute Gasteiger partial charge is 0.326 e. The van der Waals surface area contributed by atoms with E-state index < -0.39 is 0 Å². The van der Waals surface area contributed by atoms with E-state index in [1.165, 1.54) is 11.3 Å². The molecule has 0 aliphatic heterocycles. The third kappa shape index (κ3) is 3.68. The van der Waals surface area contributed by atoms with Crippen LogP contribution in [0.15, 0.2) is 41.1 Å². The molecule has 2 aromatic heterocycles. The maximum absolute atomic E-state index is 12.6. The van der Waals surface area contributed by atoms with Crippen molar-refractivity contribution >= 4 is 45.9 Å². The van der Waals surface area contributed by atoms with Crippen molar-refractivity contribution in [2.24, 2.45) is 5.92 Å². The molecule has 5 nitrogen and oxygen atoms in total. The molecule has 2 N–H and O–H groups in total. The lowest BCUT2D eigenvalue weighted by Crippen LogP contribution is -2.14. The second kappa shape index (κ2) is 7.01. The number of amides is 2. The van der Waals surface area contributed by atoms with Crippen LogP contribution in [0.4, 0.5) is 11.4 Å². The fourth-order valence-corrected chi connectivity index (χ4v) is 4.24. The Kier molecular flexibility index (Phi) is 4.57. The molecule has 26 heavy (non-hydrogen) atoms. The monoisotopic (exact) mass is 383 g/mol. The maximum Gasteiger partial charge on any atom is 0.267 e. The van der Waals surface area contributed by atoms with Gasteiger partial charge in [-0.15, -0.1) is 11.3 Å². The molecular formula is C19H17N3O2S2. The molecule has 0 spiro atoms. The van der Waals surface area contributed by atoms with Gasteiger partial charge in [-0.2, -0.15) is 11.3 Å². The fraction of sp³-hybridized carbons (Fsp3) is 0.211. The minimum atomic E-state index is -0.188. The van der Waals surface area contributed by atoms with Gasteiger partial charge in [-0.25, -0.2) is 4.98 Å². The molecule has 2 heterocycles. The first-order valence-electron chi connectivity index (χ1n) is 8.32. The first kappa shape index (κ1) is 16.9. The molecule has 0 saturated heterocycles. The van der Waals surface area contributed by atoms with Crippen LogP contribution in [0.25, 0.3) is 10.6 Å². The van der Waals surface area contributed by atoms with Crippen LogP contribution in [0.2, 0.25) is 0 Å². The minimum absolute atomic E-state index is 0.0483. The quantitative estimate of drug-likeness (QED) is 0.666. The summed E-state index contributed by atoms with van der Waals surface area (Å²) < 4.78 is 0. The fourth-order valence-electron chi connectivity index (χ4n) is 2.57. The van der Waals surface area contributed by atoms with Gasteiger partial charge in [0.25, 0.3) is 5.91 Å². The van der Waals surface area contributed by atoms with Crippen LogP contribution in [-0.4, -0.2) is 16.8 Å². The number of aryl methyl sites for hydroxylation is 1. The van der Waals surface area contributed by atoms with Crippen LogP contribution in [0.3, 0.4) is 0 Å². The molecule has 7 heteroatoms. The zero-order valence-electron chi connectivity index (χ0n) is 14.1. The third-order valence-corrected chi connectivity index (χ3v) is 6.00. The summed E-state index contributed by atoms with van der Waals surface area (Å²) in [6, 6.07) is 9.21. The molecule has 0 unspecified atom stereocenters. The summed E-state index contributed by atoms with van der Waals surface area (Å²) in [5, 5.41) is 10.7. The van der Waals surface area contributed by atoms with E-state index in [4.69, 9.17) is 0 Å². The summed E-state index contributed by atoms with van der Waals surface area (Å²) in [6.45, 7) is 1.84. The lowest BCUT2D eigenvalue weighted by molar-refractivity contribution is -0.117. The average molecular weight is 383 g/mol. The predicted molar refractivity (Wildman–Crippen MR) is 106 cm³/mol. The summed E-state index contributed by atoms with van der Waals surface area (Å²) in [5.74, 6) is 0.00273. The zero-order valence-corrected chi connectivity index (χ0v) is 15.7.